The molecule has 0 unspecified atom stereocenters. The molecule has 1 aromatic carbocycles. The maximum Gasteiger partial charge on any atom is 0.0457 e. The van der Waals surface area contributed by atoms with Gasteiger partial charge in [0.15, 0.2) is 0 Å². The van der Waals surface area contributed by atoms with Crippen molar-refractivity contribution in [2.75, 3.05) is 4.90 Å². The van der Waals surface area contributed by atoms with E-state index in [4.69, 9.17) is 0 Å². The molecule has 0 amide bonds. The molecule has 1 rings (SSSR count). The van der Waals surface area contributed by atoms with Crippen LogP contribution in [0.15, 0.2) is 67.5 Å². The minimum absolute atomic E-state index is 0.837. The third kappa shape index (κ3) is 6.09. The van der Waals surface area contributed by atoms with Gasteiger partial charge >= 0.3 is 0 Å². The molecule has 0 aliphatic carbocycles. The van der Waals surface area contributed by atoms with Gasteiger partial charge in [0.2, 0.25) is 0 Å². The van der Waals surface area contributed by atoms with Gasteiger partial charge in [0, 0.05) is 17.1 Å². The van der Waals surface area contributed by atoms with Crippen LogP contribution in [0, 0.1) is 0 Å². The van der Waals surface area contributed by atoms with Crippen LogP contribution >= 0.6 is 0 Å². The summed E-state index contributed by atoms with van der Waals surface area (Å²) in [6, 6.07) is 9.99. The van der Waals surface area contributed by atoms with Crippen molar-refractivity contribution in [1.29, 1.82) is 0 Å². The lowest BCUT2D eigenvalue weighted by atomic mass is 10.2. The molecule has 0 aliphatic rings. The fourth-order valence-electron chi connectivity index (χ4n) is 1.30. The van der Waals surface area contributed by atoms with Crippen molar-refractivity contribution in [3.05, 3.63) is 67.5 Å². The van der Waals surface area contributed by atoms with Gasteiger partial charge in [-0.05, 0) is 25.1 Å². The third-order valence-corrected chi connectivity index (χ3v) is 1.92. The standard InChI is InChI=1S/C13H15N.2C2H6/c1-5-12(4)14(11(2)3)13-9-7-6-8-10-13;2*1-2/h5-10H,1-2,4H2,3H3;2*1-2H3. The Morgan fingerprint density at radius 1 is 1.00 bits per heavy atom. The van der Waals surface area contributed by atoms with Crippen LogP contribution < -0.4 is 4.90 Å². The highest BCUT2D eigenvalue weighted by Gasteiger charge is 2.07. The van der Waals surface area contributed by atoms with Crippen LogP contribution in [-0.2, 0) is 0 Å². The van der Waals surface area contributed by atoms with E-state index in [-0.39, 0.29) is 0 Å². The zero-order valence-electron chi connectivity index (χ0n) is 12.5. The Labute approximate surface area is 113 Å². The summed E-state index contributed by atoms with van der Waals surface area (Å²) in [6.45, 7) is 21.5. The first-order chi connectivity index (χ1) is 8.66. The first-order valence-corrected chi connectivity index (χ1v) is 6.49. The van der Waals surface area contributed by atoms with E-state index < -0.39 is 0 Å². The summed E-state index contributed by atoms with van der Waals surface area (Å²) in [5, 5.41) is 0. The summed E-state index contributed by atoms with van der Waals surface area (Å²) < 4.78 is 0. The summed E-state index contributed by atoms with van der Waals surface area (Å²) >= 11 is 0. The summed E-state index contributed by atoms with van der Waals surface area (Å²) in [7, 11) is 0. The molecule has 0 atom stereocenters. The van der Waals surface area contributed by atoms with Gasteiger partial charge in [-0.2, -0.15) is 0 Å². The van der Waals surface area contributed by atoms with Crippen LogP contribution in [0.2, 0.25) is 0 Å². The van der Waals surface area contributed by atoms with E-state index >= 15 is 0 Å². The van der Waals surface area contributed by atoms with E-state index in [1.807, 2.05) is 69.9 Å². The number of rotatable bonds is 4. The van der Waals surface area contributed by atoms with Gasteiger partial charge in [0.25, 0.3) is 0 Å². The average Bonchev–Trinajstić information content (AvgIpc) is 2.44. The van der Waals surface area contributed by atoms with E-state index in [1.165, 1.54) is 0 Å². The van der Waals surface area contributed by atoms with E-state index in [1.54, 1.807) is 6.08 Å². The van der Waals surface area contributed by atoms with Crippen molar-refractivity contribution in [3.8, 4) is 0 Å². The topological polar surface area (TPSA) is 3.24 Å². The summed E-state index contributed by atoms with van der Waals surface area (Å²) in [6.07, 6.45) is 1.72. The van der Waals surface area contributed by atoms with E-state index in [9.17, 15) is 0 Å². The molecule has 0 N–H and O–H groups in total. The molecular formula is C17H27N. The second-order valence-electron chi connectivity index (χ2n) is 3.10. The Morgan fingerprint density at radius 3 is 1.78 bits per heavy atom. The SMILES string of the molecule is C=CC(=C)N(C(=C)C)c1ccccc1.CC.CC. The molecule has 1 heteroatoms. The summed E-state index contributed by atoms with van der Waals surface area (Å²) in [5.74, 6) is 0. The molecule has 0 aromatic heterocycles. The van der Waals surface area contributed by atoms with Crippen molar-refractivity contribution in [2.45, 2.75) is 34.6 Å². The molecule has 1 nitrogen and oxygen atoms in total. The van der Waals surface area contributed by atoms with Crippen LogP contribution in [0.5, 0.6) is 0 Å². The minimum Gasteiger partial charge on any atom is -0.316 e. The normalized spacial score (nSPS) is 7.83. The molecule has 0 radical (unpaired) electrons. The summed E-state index contributed by atoms with van der Waals surface area (Å²) in [4.78, 5) is 1.97. The predicted molar refractivity (Wildman–Crippen MR) is 85.8 cm³/mol. The van der Waals surface area contributed by atoms with Gasteiger partial charge in [-0.3, -0.25) is 0 Å². The Bertz CT molecular complexity index is 349. The summed E-state index contributed by atoms with van der Waals surface area (Å²) in [5.41, 5.74) is 2.83. The lowest BCUT2D eigenvalue weighted by Crippen LogP contribution is -2.17. The molecule has 100 valence electrons. The molecule has 0 saturated heterocycles. The average molecular weight is 245 g/mol. The lowest BCUT2D eigenvalue weighted by Gasteiger charge is -2.24. The molecule has 0 bridgehead atoms. The Kier molecular flexibility index (Phi) is 12.1. The zero-order chi connectivity index (χ0) is 14.6. The number of anilines is 1. The molecular weight excluding hydrogens is 218 g/mol. The number of benzene rings is 1. The lowest BCUT2D eigenvalue weighted by molar-refractivity contribution is 1.11. The largest absolute Gasteiger partial charge is 0.316 e. The number of hydrogen-bond acceptors (Lipinski definition) is 1. The molecule has 0 saturated carbocycles. The molecule has 0 aliphatic heterocycles. The van der Waals surface area contributed by atoms with Gasteiger partial charge < -0.3 is 4.90 Å². The molecule has 0 heterocycles. The quantitative estimate of drug-likeness (QED) is 0.608. The maximum atomic E-state index is 3.92. The Balaban J connectivity index is 0. The smallest absolute Gasteiger partial charge is 0.0457 e. The molecule has 0 fully saturated rings. The van der Waals surface area contributed by atoms with Crippen molar-refractivity contribution < 1.29 is 0 Å². The van der Waals surface area contributed by atoms with Gasteiger partial charge in [0.05, 0.1) is 0 Å². The highest BCUT2D eigenvalue weighted by Crippen LogP contribution is 2.22. The third-order valence-electron chi connectivity index (χ3n) is 1.92. The zero-order valence-corrected chi connectivity index (χ0v) is 12.5. The van der Waals surface area contributed by atoms with Gasteiger partial charge in [-0.1, -0.05) is 65.6 Å². The second-order valence-corrected chi connectivity index (χ2v) is 3.10. The first-order valence-electron chi connectivity index (χ1n) is 6.49. The monoisotopic (exact) mass is 245 g/mol. The minimum atomic E-state index is 0.837. The molecule has 0 spiro atoms. The predicted octanol–water partition coefficient (Wildman–Crippen LogP) is 5.78. The fraction of sp³-hybridized carbons (Fsp3) is 0.294. The Hall–Kier alpha value is -1.76. The van der Waals surface area contributed by atoms with Crippen LogP contribution in [0.4, 0.5) is 5.69 Å². The van der Waals surface area contributed by atoms with Gasteiger partial charge in [0.1, 0.15) is 0 Å². The number of allylic oxidation sites excluding steroid dienone is 2. The number of para-hydroxylation sites is 1. The van der Waals surface area contributed by atoms with E-state index in [0.717, 1.165) is 17.1 Å². The van der Waals surface area contributed by atoms with Crippen LogP contribution in [0.25, 0.3) is 0 Å². The van der Waals surface area contributed by atoms with Crippen molar-refractivity contribution in [1.82, 2.24) is 0 Å². The number of nitrogens with zero attached hydrogens (tertiary/aromatic N) is 1. The second kappa shape index (κ2) is 11.7. The van der Waals surface area contributed by atoms with Gasteiger partial charge in [-0.25, -0.2) is 0 Å². The highest BCUT2D eigenvalue weighted by molar-refractivity contribution is 5.58. The van der Waals surface area contributed by atoms with Crippen molar-refractivity contribution in [2.24, 2.45) is 0 Å². The first kappa shape index (κ1) is 18.6. The highest BCUT2D eigenvalue weighted by atomic mass is 15.1. The molecule has 1 aromatic rings. The number of hydrogen-bond donors (Lipinski definition) is 0. The fourth-order valence-corrected chi connectivity index (χ4v) is 1.30. The van der Waals surface area contributed by atoms with E-state index in [2.05, 4.69) is 19.7 Å². The maximum absolute atomic E-state index is 3.92. The molecule has 18 heavy (non-hydrogen) atoms. The van der Waals surface area contributed by atoms with Crippen molar-refractivity contribution in [3.63, 3.8) is 0 Å². The van der Waals surface area contributed by atoms with Crippen LogP contribution in [0.3, 0.4) is 0 Å². The van der Waals surface area contributed by atoms with Crippen LogP contribution in [0.1, 0.15) is 34.6 Å². The van der Waals surface area contributed by atoms with Crippen molar-refractivity contribution >= 4 is 5.69 Å². The van der Waals surface area contributed by atoms with E-state index in [0.29, 0.717) is 0 Å². The van der Waals surface area contributed by atoms with Gasteiger partial charge in [-0.15, -0.1) is 0 Å². The Morgan fingerprint density at radius 2 is 1.44 bits per heavy atom. The van der Waals surface area contributed by atoms with Crippen LogP contribution in [-0.4, -0.2) is 0 Å².